The number of halogens is 3. The number of rotatable bonds is 7. The second-order valence-corrected chi connectivity index (χ2v) is 9.45. The predicted octanol–water partition coefficient (Wildman–Crippen LogP) is 5.22. The minimum absolute atomic E-state index is 0.0408. The molecule has 202 valence electrons. The van der Waals surface area contributed by atoms with Gasteiger partial charge in [-0.1, -0.05) is 31.2 Å². The first-order valence-electron chi connectivity index (χ1n) is 12.5. The summed E-state index contributed by atoms with van der Waals surface area (Å²) >= 11 is 0. The Morgan fingerprint density at radius 2 is 1.89 bits per heavy atom. The molecule has 0 bridgehead atoms. The van der Waals surface area contributed by atoms with E-state index in [0.29, 0.717) is 24.2 Å². The van der Waals surface area contributed by atoms with Crippen molar-refractivity contribution in [1.29, 1.82) is 0 Å². The monoisotopic (exact) mass is 528 g/mol. The number of hydrogen-bond donors (Lipinski definition) is 1. The number of esters is 1. The summed E-state index contributed by atoms with van der Waals surface area (Å²) in [6.45, 7) is 4.92. The maximum atomic E-state index is 14.1. The van der Waals surface area contributed by atoms with Crippen molar-refractivity contribution in [2.45, 2.75) is 58.5 Å². The quantitative estimate of drug-likeness (QED) is 0.424. The molecular weight excluding hydrogens is 497 g/mol. The van der Waals surface area contributed by atoms with Gasteiger partial charge in [0.25, 0.3) is 5.56 Å². The molecule has 2 aromatic carbocycles. The fourth-order valence-corrected chi connectivity index (χ4v) is 4.95. The summed E-state index contributed by atoms with van der Waals surface area (Å²) in [5.41, 5.74) is 1.30. The van der Waals surface area contributed by atoms with Gasteiger partial charge in [0.2, 0.25) is 0 Å². The summed E-state index contributed by atoms with van der Waals surface area (Å²) in [5.74, 6) is -0.480. The van der Waals surface area contributed by atoms with Crippen LogP contribution >= 0.6 is 0 Å². The number of nitrogens with one attached hydrogen (secondary N) is 1. The van der Waals surface area contributed by atoms with Crippen LogP contribution in [0.1, 0.15) is 49.2 Å². The molecule has 0 fully saturated rings. The van der Waals surface area contributed by atoms with Gasteiger partial charge in [-0.05, 0) is 42.7 Å². The van der Waals surface area contributed by atoms with Crippen LogP contribution in [0.2, 0.25) is 0 Å². The molecule has 0 spiro atoms. The van der Waals surface area contributed by atoms with Crippen LogP contribution in [0.5, 0.6) is 0 Å². The van der Waals surface area contributed by atoms with Gasteiger partial charge in [0.15, 0.2) is 0 Å². The van der Waals surface area contributed by atoms with Gasteiger partial charge in [-0.3, -0.25) is 14.2 Å². The molecule has 3 aromatic rings. The first-order chi connectivity index (χ1) is 18.0. The Labute approximate surface area is 219 Å². The van der Waals surface area contributed by atoms with Crippen LogP contribution in [0.3, 0.4) is 0 Å². The third-order valence-electron chi connectivity index (χ3n) is 6.76. The lowest BCUT2D eigenvalue weighted by Gasteiger charge is -2.25. The zero-order valence-corrected chi connectivity index (χ0v) is 22.0. The largest absolute Gasteiger partial charge is 0.460 e. The number of anilines is 2. The summed E-state index contributed by atoms with van der Waals surface area (Å²) in [6.07, 6.45) is -4.40. The van der Waals surface area contributed by atoms with Crippen LogP contribution in [-0.2, 0) is 35.1 Å². The Kier molecular flexibility index (Phi) is 7.53. The van der Waals surface area contributed by atoms with Gasteiger partial charge in [0.1, 0.15) is 17.6 Å². The van der Waals surface area contributed by atoms with Gasteiger partial charge in [-0.2, -0.15) is 13.2 Å². The van der Waals surface area contributed by atoms with Gasteiger partial charge in [0, 0.05) is 45.2 Å². The number of ether oxygens (including phenoxy) is 1. The lowest BCUT2D eigenvalue weighted by atomic mass is 10.0. The lowest BCUT2D eigenvalue weighted by molar-refractivity contribution is -0.146. The molecule has 0 aliphatic heterocycles. The van der Waals surface area contributed by atoms with E-state index in [0.717, 1.165) is 17.2 Å². The van der Waals surface area contributed by atoms with Crippen molar-refractivity contribution in [3.05, 3.63) is 75.2 Å². The molecule has 1 aliphatic rings. The molecule has 0 amide bonds. The van der Waals surface area contributed by atoms with Crippen molar-refractivity contribution in [3.8, 4) is 11.4 Å². The lowest BCUT2D eigenvalue weighted by Crippen LogP contribution is -2.33. The Hall–Kier alpha value is -3.82. The van der Waals surface area contributed by atoms with E-state index in [4.69, 9.17) is 4.74 Å². The maximum Gasteiger partial charge on any atom is 0.417 e. The molecule has 1 N–H and O–H groups in total. The van der Waals surface area contributed by atoms with Gasteiger partial charge >= 0.3 is 12.1 Å². The van der Waals surface area contributed by atoms with Crippen molar-refractivity contribution in [3.63, 3.8) is 0 Å². The molecule has 1 aromatic heterocycles. The molecule has 2 unspecified atom stereocenters. The van der Waals surface area contributed by atoms with E-state index in [-0.39, 0.29) is 23.6 Å². The normalized spacial score (nSPS) is 16.7. The highest BCUT2D eigenvalue weighted by molar-refractivity contribution is 5.69. The molecule has 0 radical (unpaired) electrons. The van der Waals surface area contributed by atoms with Crippen molar-refractivity contribution in [2.75, 3.05) is 24.3 Å². The van der Waals surface area contributed by atoms with E-state index in [1.807, 2.05) is 24.3 Å². The number of fused-ring (bicyclic) bond motifs is 1. The van der Waals surface area contributed by atoms with Crippen LogP contribution in [0.25, 0.3) is 11.4 Å². The van der Waals surface area contributed by atoms with E-state index >= 15 is 0 Å². The first kappa shape index (κ1) is 27.2. The number of aromatic nitrogens is 2. The summed E-state index contributed by atoms with van der Waals surface area (Å²) in [5, 5.41) is 3.26. The van der Waals surface area contributed by atoms with Crippen molar-refractivity contribution in [2.24, 2.45) is 0 Å². The highest BCUT2D eigenvalue weighted by Crippen LogP contribution is 2.40. The number of alkyl halides is 3. The van der Waals surface area contributed by atoms with Gasteiger partial charge in [0.05, 0.1) is 17.3 Å². The molecule has 38 heavy (non-hydrogen) atoms. The van der Waals surface area contributed by atoms with E-state index < -0.39 is 35.4 Å². The Balaban J connectivity index is 1.87. The number of carbonyl (C=O) groups is 1. The maximum absolute atomic E-state index is 14.1. The van der Waals surface area contributed by atoms with Gasteiger partial charge in [-0.15, -0.1) is 0 Å². The van der Waals surface area contributed by atoms with E-state index in [2.05, 4.69) is 10.3 Å². The number of aryl methyl sites for hydroxylation is 1. The summed E-state index contributed by atoms with van der Waals surface area (Å²) in [7, 11) is 3.32. The topological polar surface area (TPSA) is 76.5 Å². The Bertz CT molecular complexity index is 1420. The van der Waals surface area contributed by atoms with Gasteiger partial charge < -0.3 is 15.0 Å². The molecule has 0 saturated carbocycles. The van der Waals surface area contributed by atoms with Crippen LogP contribution < -0.4 is 15.8 Å². The number of benzene rings is 2. The minimum Gasteiger partial charge on any atom is -0.460 e. The molecule has 1 heterocycles. The molecule has 4 rings (SSSR count). The Morgan fingerprint density at radius 3 is 2.50 bits per heavy atom. The fraction of sp³-hybridized carbons (Fsp3) is 0.393. The van der Waals surface area contributed by atoms with E-state index in [9.17, 15) is 22.8 Å². The third kappa shape index (κ3) is 5.12. The highest BCUT2D eigenvalue weighted by Gasteiger charge is 2.37. The number of carbonyl (C=O) groups excluding carboxylic acids is 1. The van der Waals surface area contributed by atoms with Crippen LogP contribution in [-0.4, -0.2) is 35.7 Å². The SMILES string of the molecule is CCc1nc(-c2ccc(N(C)C)cc2C(F)(F)F)n(CC)c(=O)c1NC1c2ccccc2CC1OC(C)=O. The van der Waals surface area contributed by atoms with E-state index in [1.54, 1.807) is 38.9 Å². The number of hydrogen-bond acceptors (Lipinski definition) is 6. The van der Waals surface area contributed by atoms with Crippen LogP contribution in [0.4, 0.5) is 24.5 Å². The highest BCUT2D eigenvalue weighted by atomic mass is 19.4. The van der Waals surface area contributed by atoms with Crippen molar-refractivity contribution in [1.82, 2.24) is 9.55 Å². The predicted molar refractivity (Wildman–Crippen MR) is 140 cm³/mol. The van der Waals surface area contributed by atoms with E-state index in [1.165, 1.54) is 17.6 Å². The molecule has 10 heteroatoms. The second-order valence-electron chi connectivity index (χ2n) is 9.45. The number of nitrogens with zero attached hydrogens (tertiary/aromatic N) is 3. The van der Waals surface area contributed by atoms with Crippen LogP contribution in [0.15, 0.2) is 47.3 Å². The fourth-order valence-electron chi connectivity index (χ4n) is 4.95. The van der Waals surface area contributed by atoms with Crippen molar-refractivity contribution >= 4 is 17.3 Å². The van der Waals surface area contributed by atoms with Crippen molar-refractivity contribution < 1.29 is 22.7 Å². The zero-order valence-electron chi connectivity index (χ0n) is 22.0. The molecule has 7 nitrogen and oxygen atoms in total. The average Bonchev–Trinajstić information content (AvgIpc) is 3.20. The second kappa shape index (κ2) is 10.5. The summed E-state index contributed by atoms with van der Waals surface area (Å²) < 4.78 is 49.3. The summed E-state index contributed by atoms with van der Waals surface area (Å²) in [6, 6.07) is 11.1. The summed E-state index contributed by atoms with van der Waals surface area (Å²) in [4.78, 5) is 31.8. The third-order valence-corrected chi connectivity index (χ3v) is 6.76. The molecular formula is C28H31F3N4O3. The smallest absolute Gasteiger partial charge is 0.417 e. The minimum atomic E-state index is -4.65. The van der Waals surface area contributed by atoms with Gasteiger partial charge in [-0.25, -0.2) is 4.98 Å². The molecule has 2 atom stereocenters. The first-order valence-corrected chi connectivity index (χ1v) is 12.5. The standard InChI is InChI=1S/C28H31F3N4O3/c1-6-22-25(33-24-19-11-9-8-10-17(19)14-23(24)38-16(3)36)27(37)35(7-2)26(32-22)20-13-12-18(34(4)5)15-21(20)28(29,30)31/h8-13,15,23-24,33H,6-7,14H2,1-5H3. The van der Waals surface area contributed by atoms with Crippen LogP contribution in [0, 0.1) is 0 Å². The molecule has 1 aliphatic carbocycles. The average molecular weight is 529 g/mol. The Morgan fingerprint density at radius 1 is 1.18 bits per heavy atom. The zero-order chi connectivity index (χ0) is 27.8. The molecule has 0 saturated heterocycles.